The number of carbonyl (C=O) groups is 1. The van der Waals surface area contributed by atoms with Gasteiger partial charge in [0.1, 0.15) is 6.61 Å². The number of carboxylic acid groups (broad SMARTS) is 1. The molecule has 7 nitrogen and oxygen atoms in total. The SMILES string of the molecule is COCc1nc([C@@H]2CCOC2)nn1-c1ccccc1C(=O)O. The lowest BCUT2D eigenvalue weighted by Crippen LogP contribution is -2.10. The van der Waals surface area contributed by atoms with E-state index in [0.29, 0.717) is 30.5 Å². The maximum Gasteiger partial charge on any atom is 0.337 e. The van der Waals surface area contributed by atoms with Crippen LogP contribution in [0.3, 0.4) is 0 Å². The number of aromatic carboxylic acids is 1. The van der Waals surface area contributed by atoms with E-state index in [1.54, 1.807) is 36.1 Å². The molecule has 1 aliphatic heterocycles. The molecule has 1 saturated heterocycles. The van der Waals surface area contributed by atoms with Gasteiger partial charge in [-0.05, 0) is 18.6 Å². The number of hydrogen-bond acceptors (Lipinski definition) is 5. The van der Waals surface area contributed by atoms with Gasteiger partial charge >= 0.3 is 5.97 Å². The summed E-state index contributed by atoms with van der Waals surface area (Å²) in [6, 6.07) is 6.73. The van der Waals surface area contributed by atoms with Crippen molar-refractivity contribution in [3.63, 3.8) is 0 Å². The second-order valence-corrected chi connectivity index (χ2v) is 5.11. The van der Waals surface area contributed by atoms with E-state index >= 15 is 0 Å². The topological polar surface area (TPSA) is 86.5 Å². The Labute approximate surface area is 127 Å². The Morgan fingerprint density at radius 3 is 3.00 bits per heavy atom. The van der Waals surface area contributed by atoms with Crippen LogP contribution in [0.2, 0.25) is 0 Å². The molecule has 0 saturated carbocycles. The molecule has 22 heavy (non-hydrogen) atoms. The van der Waals surface area contributed by atoms with Gasteiger partial charge in [0, 0.05) is 19.6 Å². The molecule has 1 aromatic carbocycles. The Bertz CT molecular complexity index is 677. The molecule has 0 radical (unpaired) electrons. The van der Waals surface area contributed by atoms with Crippen LogP contribution in [0.25, 0.3) is 5.69 Å². The predicted octanol–water partition coefficient (Wildman–Crippen LogP) is 1.62. The molecule has 1 fully saturated rings. The molecule has 0 spiro atoms. The highest BCUT2D eigenvalue weighted by molar-refractivity contribution is 5.91. The minimum atomic E-state index is -1.000. The van der Waals surface area contributed by atoms with Crippen LogP contribution in [0.1, 0.15) is 34.3 Å². The number of para-hydroxylation sites is 1. The van der Waals surface area contributed by atoms with Gasteiger partial charge < -0.3 is 14.6 Å². The van der Waals surface area contributed by atoms with E-state index in [2.05, 4.69) is 10.1 Å². The fourth-order valence-electron chi connectivity index (χ4n) is 2.53. The summed E-state index contributed by atoms with van der Waals surface area (Å²) < 4.78 is 12.1. The maximum atomic E-state index is 11.4. The Kier molecular flexibility index (Phi) is 4.17. The predicted molar refractivity (Wildman–Crippen MR) is 77.2 cm³/mol. The van der Waals surface area contributed by atoms with E-state index in [9.17, 15) is 9.90 Å². The summed E-state index contributed by atoms with van der Waals surface area (Å²) in [6.45, 7) is 1.55. The first kappa shape index (κ1) is 14.7. The van der Waals surface area contributed by atoms with Crippen molar-refractivity contribution in [3.8, 4) is 5.69 Å². The van der Waals surface area contributed by atoms with Gasteiger partial charge in [-0.25, -0.2) is 14.5 Å². The van der Waals surface area contributed by atoms with E-state index in [1.807, 2.05) is 0 Å². The number of hydrogen-bond donors (Lipinski definition) is 1. The van der Waals surface area contributed by atoms with Crippen LogP contribution in [0.5, 0.6) is 0 Å². The van der Waals surface area contributed by atoms with Crippen molar-refractivity contribution in [2.45, 2.75) is 18.9 Å². The van der Waals surface area contributed by atoms with Gasteiger partial charge in [-0.1, -0.05) is 12.1 Å². The highest BCUT2D eigenvalue weighted by atomic mass is 16.5. The van der Waals surface area contributed by atoms with Crippen LogP contribution in [0.15, 0.2) is 24.3 Å². The second kappa shape index (κ2) is 6.25. The van der Waals surface area contributed by atoms with Crippen molar-refractivity contribution in [2.75, 3.05) is 20.3 Å². The normalized spacial score (nSPS) is 17.8. The van der Waals surface area contributed by atoms with Gasteiger partial charge in [0.25, 0.3) is 0 Å². The standard InChI is InChI=1S/C15H17N3O4/c1-21-9-13-16-14(10-6-7-22-8-10)17-18(13)12-5-3-2-4-11(12)15(19)20/h2-5,10H,6-9H2,1H3,(H,19,20)/t10-/m1/s1. The van der Waals surface area contributed by atoms with Gasteiger partial charge in [0.15, 0.2) is 11.6 Å². The van der Waals surface area contributed by atoms with E-state index in [4.69, 9.17) is 9.47 Å². The number of ether oxygens (including phenoxy) is 2. The lowest BCUT2D eigenvalue weighted by atomic mass is 10.1. The van der Waals surface area contributed by atoms with E-state index in [1.165, 1.54) is 0 Å². The third-order valence-electron chi connectivity index (χ3n) is 3.62. The van der Waals surface area contributed by atoms with E-state index in [-0.39, 0.29) is 18.1 Å². The lowest BCUT2D eigenvalue weighted by Gasteiger charge is -2.08. The van der Waals surface area contributed by atoms with Gasteiger partial charge in [0.05, 0.1) is 17.9 Å². The van der Waals surface area contributed by atoms with Gasteiger partial charge in [-0.3, -0.25) is 0 Å². The van der Waals surface area contributed by atoms with Crippen LogP contribution in [0.4, 0.5) is 0 Å². The van der Waals surface area contributed by atoms with Crippen molar-refractivity contribution in [3.05, 3.63) is 41.5 Å². The minimum absolute atomic E-state index is 0.147. The van der Waals surface area contributed by atoms with Crippen molar-refractivity contribution in [2.24, 2.45) is 0 Å². The first-order valence-electron chi connectivity index (χ1n) is 7.06. The molecule has 116 valence electrons. The number of rotatable bonds is 5. The van der Waals surface area contributed by atoms with Crippen LogP contribution in [0, 0.1) is 0 Å². The molecule has 0 amide bonds. The molecule has 3 rings (SSSR count). The first-order chi connectivity index (χ1) is 10.7. The summed E-state index contributed by atoms with van der Waals surface area (Å²) in [6.07, 6.45) is 0.872. The van der Waals surface area contributed by atoms with Gasteiger partial charge in [-0.15, -0.1) is 0 Å². The molecule has 2 aromatic rings. The monoisotopic (exact) mass is 303 g/mol. The molecule has 0 bridgehead atoms. The quantitative estimate of drug-likeness (QED) is 0.903. The number of aromatic nitrogens is 3. The zero-order chi connectivity index (χ0) is 15.5. The average molecular weight is 303 g/mol. The molecule has 1 aromatic heterocycles. The summed E-state index contributed by atoms with van der Waals surface area (Å²) in [5.41, 5.74) is 0.665. The fraction of sp³-hybridized carbons (Fsp3) is 0.400. The Morgan fingerprint density at radius 2 is 2.32 bits per heavy atom. The average Bonchev–Trinajstić information content (AvgIpc) is 3.16. The summed E-state index contributed by atoms with van der Waals surface area (Å²) in [5, 5.41) is 13.9. The van der Waals surface area contributed by atoms with Crippen LogP contribution in [-0.2, 0) is 16.1 Å². The van der Waals surface area contributed by atoms with Crippen LogP contribution in [-0.4, -0.2) is 46.2 Å². The first-order valence-corrected chi connectivity index (χ1v) is 7.06. The van der Waals surface area contributed by atoms with Crippen molar-refractivity contribution in [1.29, 1.82) is 0 Å². The molecule has 1 N–H and O–H groups in total. The smallest absolute Gasteiger partial charge is 0.337 e. The summed E-state index contributed by atoms with van der Waals surface area (Å²) in [7, 11) is 1.57. The Morgan fingerprint density at radius 1 is 1.50 bits per heavy atom. The van der Waals surface area contributed by atoms with Crippen molar-refractivity contribution < 1.29 is 19.4 Å². The molecule has 0 unspecified atom stereocenters. The number of carboxylic acids is 1. The molecule has 7 heteroatoms. The maximum absolute atomic E-state index is 11.4. The molecular formula is C15H17N3O4. The molecule has 1 aliphatic rings. The highest BCUT2D eigenvalue weighted by Gasteiger charge is 2.25. The Balaban J connectivity index is 2.07. The van der Waals surface area contributed by atoms with E-state index < -0.39 is 5.97 Å². The zero-order valence-electron chi connectivity index (χ0n) is 12.2. The third-order valence-corrected chi connectivity index (χ3v) is 3.62. The highest BCUT2D eigenvalue weighted by Crippen LogP contribution is 2.24. The van der Waals surface area contributed by atoms with Crippen molar-refractivity contribution >= 4 is 5.97 Å². The van der Waals surface area contributed by atoms with E-state index in [0.717, 1.165) is 6.42 Å². The molecule has 0 aliphatic carbocycles. The third kappa shape index (κ3) is 2.72. The number of nitrogens with zero attached hydrogens (tertiary/aromatic N) is 3. The number of benzene rings is 1. The summed E-state index contributed by atoms with van der Waals surface area (Å²) >= 11 is 0. The minimum Gasteiger partial charge on any atom is -0.478 e. The molecule has 1 atom stereocenters. The fourth-order valence-corrected chi connectivity index (χ4v) is 2.53. The number of methoxy groups -OCH3 is 1. The molecular weight excluding hydrogens is 286 g/mol. The zero-order valence-corrected chi connectivity index (χ0v) is 12.2. The van der Waals surface area contributed by atoms with Crippen LogP contribution < -0.4 is 0 Å². The Hall–Kier alpha value is -2.25. The summed E-state index contributed by atoms with van der Waals surface area (Å²) in [5.74, 6) is 0.400. The van der Waals surface area contributed by atoms with Crippen LogP contribution >= 0.6 is 0 Å². The second-order valence-electron chi connectivity index (χ2n) is 5.11. The summed E-state index contributed by atoms with van der Waals surface area (Å²) in [4.78, 5) is 15.9. The largest absolute Gasteiger partial charge is 0.478 e. The van der Waals surface area contributed by atoms with Gasteiger partial charge in [-0.2, -0.15) is 5.10 Å². The lowest BCUT2D eigenvalue weighted by molar-refractivity contribution is 0.0696. The van der Waals surface area contributed by atoms with Gasteiger partial charge in [0.2, 0.25) is 0 Å². The van der Waals surface area contributed by atoms with Crippen molar-refractivity contribution in [1.82, 2.24) is 14.8 Å². The molecule has 2 heterocycles.